The minimum Gasteiger partial charge on any atom is -0.374 e. The highest BCUT2D eigenvalue weighted by Gasteiger charge is 2.45. The van der Waals surface area contributed by atoms with Gasteiger partial charge in [-0.05, 0) is 43.9 Å². The highest BCUT2D eigenvalue weighted by molar-refractivity contribution is 5.96. The van der Waals surface area contributed by atoms with Crippen LogP contribution in [0.2, 0.25) is 0 Å². The van der Waals surface area contributed by atoms with Crippen LogP contribution in [0.4, 0.5) is 0 Å². The van der Waals surface area contributed by atoms with Gasteiger partial charge in [0.1, 0.15) is 5.69 Å². The Bertz CT molecular complexity index is 872. The molecule has 1 aromatic carbocycles. The Morgan fingerprint density at radius 3 is 2.69 bits per heavy atom. The topological polar surface area (TPSA) is 85.5 Å². The number of hydrogen-bond acceptors (Lipinski definition) is 4. The molecule has 26 heavy (non-hydrogen) atoms. The fourth-order valence-corrected chi connectivity index (χ4v) is 4.11. The molecule has 6 nitrogen and oxygen atoms in total. The number of ether oxygens (including phenoxy) is 1. The molecule has 136 valence electrons. The lowest BCUT2D eigenvalue weighted by molar-refractivity contribution is -0.121. The van der Waals surface area contributed by atoms with Crippen molar-refractivity contribution in [2.75, 3.05) is 19.7 Å². The van der Waals surface area contributed by atoms with Crippen molar-refractivity contribution >= 4 is 22.7 Å². The molecule has 2 aromatic rings. The van der Waals surface area contributed by atoms with Gasteiger partial charge in [-0.3, -0.25) is 9.59 Å². The number of amides is 2. The smallest absolute Gasteiger partial charge is 0.272 e. The van der Waals surface area contributed by atoms with E-state index in [2.05, 4.69) is 4.98 Å². The quantitative estimate of drug-likeness (QED) is 0.895. The number of nitrogens with two attached hydrogens (primary N) is 1. The first kappa shape index (κ1) is 17.0. The van der Waals surface area contributed by atoms with Crippen LogP contribution in [0.1, 0.15) is 35.3 Å². The summed E-state index contributed by atoms with van der Waals surface area (Å²) in [7, 11) is 0. The maximum Gasteiger partial charge on any atom is 0.272 e. The third-order valence-electron chi connectivity index (χ3n) is 5.72. The van der Waals surface area contributed by atoms with E-state index in [1.807, 2.05) is 42.2 Å². The van der Waals surface area contributed by atoms with Crippen LogP contribution in [0.3, 0.4) is 0 Å². The van der Waals surface area contributed by atoms with E-state index in [1.54, 1.807) is 0 Å². The molecule has 1 atom stereocenters. The normalized spacial score (nSPS) is 22.0. The van der Waals surface area contributed by atoms with Gasteiger partial charge in [0.15, 0.2) is 0 Å². The van der Waals surface area contributed by atoms with Crippen LogP contribution < -0.4 is 5.73 Å². The zero-order chi connectivity index (χ0) is 18.3. The monoisotopic (exact) mass is 353 g/mol. The largest absolute Gasteiger partial charge is 0.374 e. The van der Waals surface area contributed by atoms with E-state index in [4.69, 9.17) is 10.5 Å². The molecule has 1 unspecified atom stereocenters. The molecule has 1 spiro atoms. The van der Waals surface area contributed by atoms with Gasteiger partial charge in [0, 0.05) is 18.5 Å². The van der Waals surface area contributed by atoms with Gasteiger partial charge < -0.3 is 15.4 Å². The second-order valence-corrected chi connectivity index (χ2v) is 7.43. The van der Waals surface area contributed by atoms with Crippen molar-refractivity contribution in [2.45, 2.75) is 31.8 Å². The average molecular weight is 353 g/mol. The number of carbonyl (C=O) groups excluding carboxylic acids is 2. The summed E-state index contributed by atoms with van der Waals surface area (Å²) >= 11 is 0. The lowest BCUT2D eigenvalue weighted by Crippen LogP contribution is -2.46. The Balaban J connectivity index is 1.48. The summed E-state index contributed by atoms with van der Waals surface area (Å²) in [5.41, 5.74) is 7.48. The van der Waals surface area contributed by atoms with Crippen LogP contribution >= 0.6 is 0 Å². The number of fused-ring (bicyclic) bond motifs is 1. The summed E-state index contributed by atoms with van der Waals surface area (Å²) in [6.45, 7) is 3.62. The Morgan fingerprint density at radius 1 is 1.27 bits per heavy atom. The molecule has 2 aliphatic heterocycles. The first-order valence-electron chi connectivity index (χ1n) is 9.06. The van der Waals surface area contributed by atoms with Crippen LogP contribution in [0.15, 0.2) is 30.3 Å². The number of nitrogens with zero attached hydrogens (tertiary/aromatic N) is 2. The molecule has 4 rings (SSSR count). The molecule has 0 aliphatic carbocycles. The maximum absolute atomic E-state index is 12.9. The van der Waals surface area contributed by atoms with E-state index < -0.39 is 0 Å². The Kier molecular flexibility index (Phi) is 4.15. The molecule has 2 saturated heterocycles. The Morgan fingerprint density at radius 2 is 2.00 bits per heavy atom. The number of aromatic nitrogens is 1. The van der Waals surface area contributed by atoms with E-state index in [-0.39, 0.29) is 23.3 Å². The van der Waals surface area contributed by atoms with Gasteiger partial charge in [-0.2, -0.15) is 0 Å². The first-order valence-corrected chi connectivity index (χ1v) is 9.06. The zero-order valence-corrected chi connectivity index (χ0v) is 14.9. The number of piperidine rings is 1. The maximum atomic E-state index is 12.9. The number of aryl methyl sites for hydroxylation is 1. The first-order chi connectivity index (χ1) is 12.5. The predicted molar refractivity (Wildman–Crippen MR) is 97.6 cm³/mol. The van der Waals surface area contributed by atoms with E-state index in [1.165, 1.54) is 0 Å². The van der Waals surface area contributed by atoms with Crippen LogP contribution in [0, 0.1) is 12.8 Å². The molecular weight excluding hydrogens is 330 g/mol. The number of benzene rings is 1. The molecule has 2 amide bonds. The number of hydrogen-bond donors (Lipinski definition) is 1. The second kappa shape index (κ2) is 6.36. The third kappa shape index (κ3) is 2.94. The number of likely N-dealkylation sites (tertiary alicyclic amines) is 1. The van der Waals surface area contributed by atoms with Crippen LogP contribution in [0.5, 0.6) is 0 Å². The molecular formula is C20H23N3O3. The molecule has 3 heterocycles. The van der Waals surface area contributed by atoms with Crippen molar-refractivity contribution in [2.24, 2.45) is 11.7 Å². The lowest BCUT2D eigenvalue weighted by Gasteiger charge is -2.38. The molecule has 2 aliphatic rings. The van der Waals surface area contributed by atoms with Crippen LogP contribution in [0.25, 0.3) is 10.9 Å². The van der Waals surface area contributed by atoms with E-state index in [0.717, 1.165) is 29.3 Å². The molecule has 2 N–H and O–H groups in total. The van der Waals surface area contributed by atoms with Gasteiger partial charge in [0.25, 0.3) is 5.91 Å². The number of para-hydroxylation sites is 1. The van der Waals surface area contributed by atoms with Gasteiger partial charge in [-0.1, -0.05) is 18.2 Å². The van der Waals surface area contributed by atoms with E-state index in [0.29, 0.717) is 31.8 Å². The lowest BCUT2D eigenvalue weighted by atomic mass is 9.85. The third-order valence-corrected chi connectivity index (χ3v) is 5.72. The fourth-order valence-electron chi connectivity index (χ4n) is 4.11. The number of primary amides is 1. The number of pyridine rings is 1. The Hall–Kier alpha value is -2.47. The highest BCUT2D eigenvalue weighted by Crippen LogP contribution is 2.38. The molecule has 0 saturated carbocycles. The summed E-state index contributed by atoms with van der Waals surface area (Å²) in [6.07, 6.45) is 2.13. The van der Waals surface area contributed by atoms with Crippen molar-refractivity contribution in [3.8, 4) is 0 Å². The summed E-state index contributed by atoms with van der Waals surface area (Å²) in [6, 6.07) is 9.72. The highest BCUT2D eigenvalue weighted by atomic mass is 16.5. The minimum absolute atomic E-state index is 0.0434. The second-order valence-electron chi connectivity index (χ2n) is 7.43. The standard InChI is InChI=1S/C20H23N3O3/c1-13-10-17(22-16-5-3-2-4-15(13)16)19(25)23-8-6-20(7-9-23)11-14(12-26-20)18(21)24/h2-5,10,14H,6-9,11-12H2,1H3,(H2,21,24). The van der Waals surface area contributed by atoms with Crippen molar-refractivity contribution < 1.29 is 14.3 Å². The van der Waals surface area contributed by atoms with Gasteiger partial charge in [0.05, 0.1) is 23.6 Å². The molecule has 2 fully saturated rings. The van der Waals surface area contributed by atoms with Crippen LogP contribution in [-0.4, -0.2) is 47.0 Å². The molecule has 1 aromatic heterocycles. The summed E-state index contributed by atoms with van der Waals surface area (Å²) in [5, 5.41) is 1.07. The Labute approximate surface area is 152 Å². The molecule has 6 heteroatoms. The summed E-state index contributed by atoms with van der Waals surface area (Å²) in [5.74, 6) is -0.545. The van der Waals surface area contributed by atoms with Crippen molar-refractivity contribution in [3.63, 3.8) is 0 Å². The van der Waals surface area contributed by atoms with Crippen molar-refractivity contribution in [1.82, 2.24) is 9.88 Å². The van der Waals surface area contributed by atoms with Gasteiger partial charge in [-0.15, -0.1) is 0 Å². The zero-order valence-electron chi connectivity index (χ0n) is 14.9. The van der Waals surface area contributed by atoms with E-state index >= 15 is 0 Å². The molecule has 0 bridgehead atoms. The fraction of sp³-hybridized carbons (Fsp3) is 0.450. The van der Waals surface area contributed by atoms with Crippen LogP contribution in [-0.2, 0) is 9.53 Å². The van der Waals surface area contributed by atoms with Gasteiger partial charge in [-0.25, -0.2) is 4.98 Å². The number of carbonyl (C=O) groups is 2. The summed E-state index contributed by atoms with van der Waals surface area (Å²) in [4.78, 5) is 30.7. The molecule has 0 radical (unpaired) electrons. The summed E-state index contributed by atoms with van der Waals surface area (Å²) < 4.78 is 5.91. The number of rotatable bonds is 2. The van der Waals surface area contributed by atoms with E-state index in [9.17, 15) is 9.59 Å². The predicted octanol–water partition coefficient (Wildman–Crippen LogP) is 2.04. The SMILES string of the molecule is Cc1cc(C(=O)N2CCC3(CC2)CC(C(N)=O)CO3)nc2ccccc12. The van der Waals surface area contributed by atoms with Crippen molar-refractivity contribution in [3.05, 3.63) is 41.6 Å². The van der Waals surface area contributed by atoms with Gasteiger partial charge >= 0.3 is 0 Å². The average Bonchev–Trinajstić information content (AvgIpc) is 3.06. The van der Waals surface area contributed by atoms with Crippen molar-refractivity contribution in [1.29, 1.82) is 0 Å². The van der Waals surface area contributed by atoms with Gasteiger partial charge in [0.2, 0.25) is 5.91 Å². The minimum atomic E-state index is -0.302.